The molecule has 0 saturated heterocycles. The lowest BCUT2D eigenvalue weighted by atomic mass is 10.2. The van der Waals surface area contributed by atoms with Crippen LogP contribution in [0.3, 0.4) is 0 Å². The second-order valence-electron chi connectivity index (χ2n) is 9.06. The van der Waals surface area contributed by atoms with E-state index >= 15 is 0 Å². The van der Waals surface area contributed by atoms with Crippen molar-refractivity contribution in [2.45, 2.75) is 11.5 Å². The van der Waals surface area contributed by atoms with Gasteiger partial charge in [-0.25, -0.2) is 13.8 Å². The average Bonchev–Trinajstić information content (AvgIpc) is 3.03. The molecule has 0 atom stereocenters. The smallest absolute Gasteiger partial charge is 0.289 e. The van der Waals surface area contributed by atoms with Gasteiger partial charge in [0.25, 0.3) is 21.6 Å². The summed E-state index contributed by atoms with van der Waals surface area (Å²) < 4.78 is 44.6. The molecule has 228 valence electrons. The Labute approximate surface area is 258 Å². The van der Waals surface area contributed by atoms with Gasteiger partial charge in [0.2, 0.25) is 0 Å². The molecular formula is C30H27ClN4O8S. The minimum Gasteiger partial charge on any atom is -0.497 e. The third kappa shape index (κ3) is 7.82. The van der Waals surface area contributed by atoms with Crippen molar-refractivity contribution in [1.29, 1.82) is 0 Å². The normalized spacial score (nSPS) is 11.2. The molecule has 4 rings (SSSR count). The molecule has 0 aliphatic rings. The Bertz CT molecular complexity index is 1780. The highest BCUT2D eigenvalue weighted by molar-refractivity contribution is 7.93. The van der Waals surface area contributed by atoms with Crippen molar-refractivity contribution in [3.8, 4) is 17.2 Å². The fourth-order valence-corrected chi connectivity index (χ4v) is 5.83. The number of nitrogens with zero attached hydrogens (tertiary/aromatic N) is 3. The molecule has 1 N–H and O–H groups in total. The van der Waals surface area contributed by atoms with Crippen LogP contribution in [0.1, 0.15) is 11.1 Å². The zero-order chi connectivity index (χ0) is 31.7. The second kappa shape index (κ2) is 14.4. The molecule has 4 aromatic rings. The lowest BCUT2D eigenvalue weighted by molar-refractivity contribution is -0.387. The quantitative estimate of drug-likeness (QED) is 0.119. The van der Waals surface area contributed by atoms with E-state index in [1.165, 1.54) is 50.8 Å². The van der Waals surface area contributed by atoms with E-state index in [4.69, 9.17) is 25.8 Å². The van der Waals surface area contributed by atoms with Crippen LogP contribution >= 0.6 is 11.6 Å². The van der Waals surface area contributed by atoms with E-state index in [2.05, 4.69) is 10.5 Å². The number of para-hydroxylation sites is 1. The van der Waals surface area contributed by atoms with Crippen molar-refractivity contribution in [2.75, 3.05) is 25.1 Å². The van der Waals surface area contributed by atoms with Gasteiger partial charge in [0, 0.05) is 17.2 Å². The molecule has 44 heavy (non-hydrogen) atoms. The number of methoxy groups -OCH3 is 2. The number of nitrogens with one attached hydrogen (secondary N) is 1. The van der Waals surface area contributed by atoms with Gasteiger partial charge in [-0.2, -0.15) is 5.10 Å². The lowest BCUT2D eigenvalue weighted by Crippen LogP contribution is -2.40. The summed E-state index contributed by atoms with van der Waals surface area (Å²) in [6, 6.07) is 23.3. The maximum absolute atomic E-state index is 13.8. The standard InChI is InChI=1S/C30H27ClN4O8S/c1-41-25-14-15-26(28(17-25)42-2)34(44(39,40)29-9-4-3-8-27(29)35(37)38)19-30(36)33-32-18-21-10-12-24(13-11-21)43-20-22-6-5-7-23(31)16-22/h3-18H,19-20H2,1-2H3,(H,33,36)/b32-18-. The Hall–Kier alpha value is -5.14. The van der Waals surface area contributed by atoms with E-state index in [1.54, 1.807) is 30.3 Å². The zero-order valence-electron chi connectivity index (χ0n) is 23.5. The largest absolute Gasteiger partial charge is 0.497 e. The number of hydrogen-bond donors (Lipinski definition) is 1. The Morgan fingerprint density at radius 1 is 0.977 bits per heavy atom. The number of ether oxygens (including phenoxy) is 3. The first-order valence-corrected chi connectivity index (χ1v) is 14.7. The third-order valence-electron chi connectivity index (χ3n) is 6.15. The van der Waals surface area contributed by atoms with Gasteiger partial charge in [-0.05, 0) is 65.7 Å². The summed E-state index contributed by atoms with van der Waals surface area (Å²) in [7, 11) is -1.92. The number of anilines is 1. The molecule has 14 heteroatoms. The van der Waals surface area contributed by atoms with Gasteiger partial charge in [0.15, 0.2) is 4.90 Å². The van der Waals surface area contributed by atoms with E-state index in [0.717, 1.165) is 17.7 Å². The maximum atomic E-state index is 13.8. The molecule has 0 unspecified atom stereocenters. The maximum Gasteiger partial charge on any atom is 0.289 e. The van der Waals surface area contributed by atoms with Crippen LogP contribution in [0.15, 0.2) is 101 Å². The van der Waals surface area contributed by atoms with E-state index in [9.17, 15) is 23.3 Å². The Morgan fingerprint density at radius 2 is 1.70 bits per heavy atom. The minimum absolute atomic E-state index is 0.0426. The highest BCUT2D eigenvalue weighted by Gasteiger charge is 2.34. The molecular weight excluding hydrogens is 612 g/mol. The van der Waals surface area contributed by atoms with Crippen LogP contribution in [0, 0.1) is 10.1 Å². The SMILES string of the molecule is COc1ccc(N(CC(=O)N/N=C\c2ccc(OCc3cccc(Cl)c3)cc2)S(=O)(=O)c2ccccc2[N+](=O)[O-])c(OC)c1. The Kier molecular flexibility index (Phi) is 10.4. The topological polar surface area (TPSA) is 150 Å². The minimum atomic E-state index is -4.65. The summed E-state index contributed by atoms with van der Waals surface area (Å²) in [5.41, 5.74) is 3.15. The molecule has 0 radical (unpaired) electrons. The highest BCUT2D eigenvalue weighted by atomic mass is 35.5. The molecule has 0 aromatic heterocycles. The number of carbonyl (C=O) groups excluding carboxylic acids is 1. The first-order chi connectivity index (χ1) is 21.1. The third-order valence-corrected chi connectivity index (χ3v) is 8.19. The summed E-state index contributed by atoms with van der Waals surface area (Å²) in [5.74, 6) is 0.210. The summed E-state index contributed by atoms with van der Waals surface area (Å²) in [6.45, 7) is -0.445. The highest BCUT2D eigenvalue weighted by Crippen LogP contribution is 2.37. The van der Waals surface area contributed by atoms with Gasteiger partial charge in [-0.1, -0.05) is 35.9 Å². The molecule has 0 heterocycles. The molecule has 0 spiro atoms. The first kappa shape index (κ1) is 31.8. The summed E-state index contributed by atoms with van der Waals surface area (Å²) in [4.78, 5) is 23.2. The number of hydrogen-bond acceptors (Lipinski definition) is 9. The Morgan fingerprint density at radius 3 is 2.39 bits per heavy atom. The number of amides is 1. The van der Waals surface area contributed by atoms with Crippen LogP contribution in [0.5, 0.6) is 17.2 Å². The molecule has 0 aliphatic carbocycles. The predicted octanol–water partition coefficient (Wildman–Crippen LogP) is 5.19. The van der Waals surface area contributed by atoms with Crippen molar-refractivity contribution in [2.24, 2.45) is 5.10 Å². The van der Waals surface area contributed by atoms with Gasteiger partial charge < -0.3 is 14.2 Å². The van der Waals surface area contributed by atoms with Gasteiger partial charge >= 0.3 is 0 Å². The van der Waals surface area contributed by atoms with Gasteiger partial charge in [-0.15, -0.1) is 0 Å². The number of carbonyl (C=O) groups is 1. The monoisotopic (exact) mass is 638 g/mol. The van der Waals surface area contributed by atoms with Gasteiger partial charge in [-0.3, -0.25) is 19.2 Å². The first-order valence-electron chi connectivity index (χ1n) is 12.9. The fourth-order valence-electron chi connectivity index (χ4n) is 4.02. The van der Waals surface area contributed by atoms with Crippen molar-refractivity contribution in [1.82, 2.24) is 5.43 Å². The Balaban J connectivity index is 1.52. The number of nitro benzene ring substituents is 1. The van der Waals surface area contributed by atoms with Crippen molar-refractivity contribution < 1.29 is 32.3 Å². The van der Waals surface area contributed by atoms with Crippen LogP contribution in [0.4, 0.5) is 11.4 Å². The van der Waals surface area contributed by atoms with Crippen LogP contribution in [-0.2, 0) is 21.4 Å². The van der Waals surface area contributed by atoms with E-state index in [-0.39, 0.29) is 11.4 Å². The van der Waals surface area contributed by atoms with E-state index in [0.29, 0.717) is 33.0 Å². The zero-order valence-corrected chi connectivity index (χ0v) is 25.1. The van der Waals surface area contributed by atoms with Gasteiger partial charge in [0.05, 0.1) is 31.0 Å². The van der Waals surface area contributed by atoms with Crippen LogP contribution in [-0.4, -0.2) is 46.2 Å². The molecule has 1 amide bonds. The molecule has 0 aliphatic heterocycles. The number of rotatable bonds is 13. The van der Waals surface area contributed by atoms with Crippen LogP contribution in [0.25, 0.3) is 0 Å². The summed E-state index contributed by atoms with van der Waals surface area (Å²) >= 11 is 6.00. The lowest BCUT2D eigenvalue weighted by Gasteiger charge is -2.25. The van der Waals surface area contributed by atoms with Crippen molar-refractivity contribution >= 4 is 45.1 Å². The van der Waals surface area contributed by atoms with Crippen LogP contribution in [0.2, 0.25) is 5.02 Å². The van der Waals surface area contributed by atoms with E-state index < -0.39 is 38.0 Å². The van der Waals surface area contributed by atoms with E-state index in [1.807, 2.05) is 18.2 Å². The number of hydrazone groups is 1. The molecule has 12 nitrogen and oxygen atoms in total. The number of halogens is 1. The summed E-state index contributed by atoms with van der Waals surface area (Å²) in [5, 5.41) is 16.2. The molecule has 0 bridgehead atoms. The predicted molar refractivity (Wildman–Crippen MR) is 165 cm³/mol. The van der Waals surface area contributed by atoms with Crippen molar-refractivity contribution in [3.63, 3.8) is 0 Å². The van der Waals surface area contributed by atoms with Crippen molar-refractivity contribution in [3.05, 3.63) is 117 Å². The second-order valence-corrected chi connectivity index (χ2v) is 11.3. The van der Waals surface area contributed by atoms with Crippen LogP contribution < -0.4 is 23.9 Å². The molecule has 0 saturated carbocycles. The number of nitro groups is 1. The summed E-state index contributed by atoms with van der Waals surface area (Å²) in [6.07, 6.45) is 1.37. The number of benzene rings is 4. The number of sulfonamides is 1. The average molecular weight is 639 g/mol. The molecule has 4 aromatic carbocycles. The molecule has 0 fully saturated rings. The fraction of sp³-hybridized carbons (Fsp3) is 0.133. The van der Waals surface area contributed by atoms with Gasteiger partial charge in [0.1, 0.15) is 30.4 Å².